The molecule has 0 unspecified atom stereocenters. The third-order valence-electron chi connectivity index (χ3n) is 4.95. The summed E-state index contributed by atoms with van der Waals surface area (Å²) in [5, 5.41) is 3.49. The third-order valence-corrected chi connectivity index (χ3v) is 4.95. The van der Waals surface area contributed by atoms with Crippen LogP contribution in [0.4, 0.5) is 0 Å². The first kappa shape index (κ1) is 17.4. The van der Waals surface area contributed by atoms with Crippen molar-refractivity contribution in [2.24, 2.45) is 10.4 Å². The van der Waals surface area contributed by atoms with Crippen molar-refractivity contribution < 1.29 is 4.74 Å². The number of guanidine groups is 1. The van der Waals surface area contributed by atoms with Gasteiger partial charge in [0.2, 0.25) is 0 Å². The first-order chi connectivity index (χ1) is 10.2. The van der Waals surface area contributed by atoms with E-state index in [-0.39, 0.29) is 24.0 Å². The van der Waals surface area contributed by atoms with Crippen molar-refractivity contribution >= 4 is 29.9 Å². The van der Waals surface area contributed by atoms with Crippen LogP contribution in [0.2, 0.25) is 0 Å². The summed E-state index contributed by atoms with van der Waals surface area (Å²) in [4.78, 5) is 6.87. The summed E-state index contributed by atoms with van der Waals surface area (Å²) in [6.45, 7) is 3.09. The van der Waals surface area contributed by atoms with Crippen LogP contribution < -0.4 is 10.1 Å². The van der Waals surface area contributed by atoms with Crippen molar-refractivity contribution in [1.82, 2.24) is 10.2 Å². The lowest BCUT2D eigenvalue weighted by molar-refractivity contribution is 0.151. The Morgan fingerprint density at radius 2 is 2.18 bits per heavy atom. The highest BCUT2D eigenvalue weighted by Gasteiger charge is 2.43. The van der Waals surface area contributed by atoms with Crippen LogP contribution >= 0.6 is 24.0 Å². The minimum Gasteiger partial charge on any atom is -0.497 e. The number of methoxy groups -OCH3 is 1. The molecule has 1 aromatic carbocycles. The standard InChI is InChI=1S/C17H25N3O.HI/c1-18-16(20-10-9-17(13-20)7-4-8-17)19-12-14-5-3-6-15(11-14)21-2;/h3,5-6,11H,4,7-10,12-13H2,1-2H3,(H,18,19);1H. The molecule has 0 amide bonds. The predicted molar refractivity (Wildman–Crippen MR) is 101 cm³/mol. The summed E-state index contributed by atoms with van der Waals surface area (Å²) < 4.78 is 5.27. The highest BCUT2D eigenvalue weighted by Crippen LogP contribution is 2.47. The third kappa shape index (κ3) is 3.67. The van der Waals surface area contributed by atoms with Gasteiger partial charge in [-0.15, -0.1) is 24.0 Å². The Kier molecular flexibility index (Phi) is 5.94. The van der Waals surface area contributed by atoms with Crippen molar-refractivity contribution in [3.8, 4) is 5.75 Å². The normalized spacial score (nSPS) is 19.5. The molecule has 0 bridgehead atoms. The second kappa shape index (κ2) is 7.53. The fourth-order valence-corrected chi connectivity index (χ4v) is 3.50. The first-order valence-corrected chi connectivity index (χ1v) is 7.83. The monoisotopic (exact) mass is 415 g/mol. The van der Waals surface area contributed by atoms with Gasteiger partial charge in [-0.05, 0) is 42.4 Å². The van der Waals surface area contributed by atoms with Gasteiger partial charge < -0.3 is 15.0 Å². The Morgan fingerprint density at radius 3 is 2.77 bits per heavy atom. The SMILES string of the molecule is CN=C(NCc1cccc(OC)c1)N1CCC2(CCC2)C1.I. The maximum absolute atomic E-state index is 5.27. The molecule has 1 saturated heterocycles. The van der Waals surface area contributed by atoms with E-state index < -0.39 is 0 Å². The lowest BCUT2D eigenvalue weighted by atomic mass is 9.68. The quantitative estimate of drug-likeness (QED) is 0.468. The van der Waals surface area contributed by atoms with Crippen LogP contribution in [0.15, 0.2) is 29.3 Å². The summed E-state index contributed by atoms with van der Waals surface area (Å²) in [7, 11) is 3.58. The van der Waals surface area contributed by atoms with E-state index >= 15 is 0 Å². The molecule has 5 heteroatoms. The van der Waals surface area contributed by atoms with Gasteiger partial charge in [-0.2, -0.15) is 0 Å². The minimum atomic E-state index is 0. The van der Waals surface area contributed by atoms with Gasteiger partial charge in [0.25, 0.3) is 0 Å². The van der Waals surface area contributed by atoms with Crippen molar-refractivity contribution in [3.63, 3.8) is 0 Å². The average molecular weight is 415 g/mol. The maximum atomic E-state index is 5.27. The van der Waals surface area contributed by atoms with Crippen LogP contribution in [0, 0.1) is 5.41 Å². The first-order valence-electron chi connectivity index (χ1n) is 7.83. The number of rotatable bonds is 3. The van der Waals surface area contributed by atoms with Crippen LogP contribution in [-0.2, 0) is 6.54 Å². The van der Waals surface area contributed by atoms with E-state index in [0.29, 0.717) is 5.41 Å². The molecular weight excluding hydrogens is 389 g/mol. The van der Waals surface area contributed by atoms with E-state index in [9.17, 15) is 0 Å². The number of nitrogens with one attached hydrogen (secondary N) is 1. The van der Waals surface area contributed by atoms with Crippen molar-refractivity contribution in [3.05, 3.63) is 29.8 Å². The minimum absolute atomic E-state index is 0. The van der Waals surface area contributed by atoms with E-state index in [2.05, 4.69) is 27.3 Å². The molecule has 3 rings (SSSR count). The molecule has 1 heterocycles. The molecule has 122 valence electrons. The van der Waals surface area contributed by atoms with Gasteiger partial charge in [-0.25, -0.2) is 0 Å². The average Bonchev–Trinajstić information content (AvgIpc) is 2.94. The van der Waals surface area contributed by atoms with Crippen LogP contribution in [0.5, 0.6) is 5.75 Å². The largest absolute Gasteiger partial charge is 0.497 e. The number of benzene rings is 1. The molecular formula is C17H26IN3O. The number of hydrogen-bond acceptors (Lipinski definition) is 2. The van der Waals surface area contributed by atoms with Crippen LogP contribution in [0.1, 0.15) is 31.2 Å². The fraction of sp³-hybridized carbons (Fsp3) is 0.588. The Bertz CT molecular complexity index is 528. The molecule has 1 N–H and O–H groups in total. The predicted octanol–water partition coefficient (Wildman–Crippen LogP) is 3.26. The summed E-state index contributed by atoms with van der Waals surface area (Å²) in [6.07, 6.45) is 5.53. The van der Waals surface area contributed by atoms with Gasteiger partial charge in [-0.3, -0.25) is 4.99 Å². The molecule has 1 aliphatic heterocycles. The zero-order valence-electron chi connectivity index (χ0n) is 13.5. The van der Waals surface area contributed by atoms with E-state index in [1.807, 2.05) is 19.2 Å². The number of hydrogen-bond donors (Lipinski definition) is 1. The zero-order valence-corrected chi connectivity index (χ0v) is 15.8. The van der Waals surface area contributed by atoms with Crippen molar-refractivity contribution in [2.45, 2.75) is 32.2 Å². The molecule has 22 heavy (non-hydrogen) atoms. The fourth-order valence-electron chi connectivity index (χ4n) is 3.50. The maximum Gasteiger partial charge on any atom is 0.193 e. The van der Waals surface area contributed by atoms with Gasteiger partial charge >= 0.3 is 0 Å². The van der Waals surface area contributed by atoms with Gasteiger partial charge in [0.05, 0.1) is 7.11 Å². The van der Waals surface area contributed by atoms with E-state index in [4.69, 9.17) is 4.74 Å². The van der Waals surface area contributed by atoms with Crippen LogP contribution in [0.3, 0.4) is 0 Å². The molecule has 1 spiro atoms. The highest BCUT2D eigenvalue weighted by atomic mass is 127. The molecule has 2 fully saturated rings. The molecule has 2 aliphatic rings. The molecule has 4 nitrogen and oxygen atoms in total. The molecule has 0 radical (unpaired) electrons. The molecule has 0 aromatic heterocycles. The van der Waals surface area contributed by atoms with Crippen LogP contribution in [0.25, 0.3) is 0 Å². The molecule has 1 aliphatic carbocycles. The Hall–Kier alpha value is -0.980. The lowest BCUT2D eigenvalue weighted by Crippen LogP contribution is -2.42. The van der Waals surface area contributed by atoms with E-state index in [0.717, 1.165) is 24.8 Å². The van der Waals surface area contributed by atoms with Gasteiger partial charge in [0.1, 0.15) is 5.75 Å². The topological polar surface area (TPSA) is 36.9 Å². The molecule has 0 atom stereocenters. The van der Waals surface area contributed by atoms with E-state index in [1.54, 1.807) is 7.11 Å². The number of halogens is 1. The van der Waals surface area contributed by atoms with Crippen molar-refractivity contribution in [2.75, 3.05) is 27.2 Å². The second-order valence-electron chi connectivity index (χ2n) is 6.28. The van der Waals surface area contributed by atoms with Gasteiger partial charge in [0, 0.05) is 26.7 Å². The Balaban J connectivity index is 0.00000176. The summed E-state index contributed by atoms with van der Waals surface area (Å²) in [5.41, 5.74) is 1.82. The highest BCUT2D eigenvalue weighted by molar-refractivity contribution is 14.0. The van der Waals surface area contributed by atoms with Gasteiger partial charge in [-0.1, -0.05) is 18.6 Å². The second-order valence-corrected chi connectivity index (χ2v) is 6.28. The molecule has 1 aromatic rings. The molecule has 1 saturated carbocycles. The number of nitrogens with zero attached hydrogens (tertiary/aromatic N) is 2. The Morgan fingerprint density at radius 1 is 1.36 bits per heavy atom. The number of aliphatic imine (C=N–C) groups is 1. The smallest absolute Gasteiger partial charge is 0.193 e. The van der Waals surface area contributed by atoms with Crippen molar-refractivity contribution in [1.29, 1.82) is 0 Å². The number of likely N-dealkylation sites (tertiary alicyclic amines) is 1. The van der Waals surface area contributed by atoms with Gasteiger partial charge in [0.15, 0.2) is 5.96 Å². The summed E-state index contributed by atoms with van der Waals surface area (Å²) in [5.74, 6) is 1.93. The lowest BCUT2D eigenvalue weighted by Gasteiger charge is -2.38. The zero-order chi connectivity index (χ0) is 14.7. The van der Waals surface area contributed by atoms with Crippen LogP contribution in [-0.4, -0.2) is 38.1 Å². The summed E-state index contributed by atoms with van der Waals surface area (Å²) >= 11 is 0. The Labute approximate surface area is 150 Å². The van der Waals surface area contributed by atoms with E-state index in [1.165, 1.54) is 37.8 Å². The number of ether oxygens (including phenoxy) is 1. The summed E-state index contributed by atoms with van der Waals surface area (Å²) in [6, 6.07) is 8.18.